The minimum atomic E-state index is -1.88. The van der Waals surface area contributed by atoms with E-state index < -0.39 is 42.2 Å². The Hall–Kier alpha value is -3.07. The van der Waals surface area contributed by atoms with E-state index in [1.807, 2.05) is 91.0 Å². The first kappa shape index (κ1) is 26.0. The van der Waals surface area contributed by atoms with Crippen LogP contribution < -0.4 is 5.32 Å². The molecular formula is C29H33NO6. The van der Waals surface area contributed by atoms with Gasteiger partial charge in [-0.25, -0.2) is 0 Å². The van der Waals surface area contributed by atoms with Gasteiger partial charge in [0.1, 0.15) is 23.9 Å². The van der Waals surface area contributed by atoms with Gasteiger partial charge in [0.25, 0.3) is 0 Å². The van der Waals surface area contributed by atoms with Gasteiger partial charge in [0.15, 0.2) is 6.29 Å². The highest BCUT2D eigenvalue weighted by atomic mass is 16.7. The summed E-state index contributed by atoms with van der Waals surface area (Å²) in [5.74, 6) is -0.404. The van der Waals surface area contributed by atoms with Gasteiger partial charge in [0, 0.05) is 19.8 Å². The third-order valence-electron chi connectivity index (χ3n) is 6.54. The Morgan fingerprint density at radius 2 is 1.47 bits per heavy atom. The van der Waals surface area contributed by atoms with Crippen LogP contribution in [0.1, 0.15) is 23.6 Å². The smallest absolute Gasteiger partial charge is 0.217 e. The van der Waals surface area contributed by atoms with Gasteiger partial charge in [-0.1, -0.05) is 91.0 Å². The van der Waals surface area contributed by atoms with Crippen molar-refractivity contribution in [1.82, 2.24) is 5.32 Å². The lowest BCUT2D eigenvalue weighted by atomic mass is 9.76. The summed E-state index contributed by atoms with van der Waals surface area (Å²) >= 11 is 0. The van der Waals surface area contributed by atoms with E-state index in [2.05, 4.69) is 5.32 Å². The van der Waals surface area contributed by atoms with Crippen LogP contribution in [-0.4, -0.2) is 57.5 Å². The molecule has 7 heteroatoms. The fourth-order valence-corrected chi connectivity index (χ4v) is 4.72. The molecule has 1 fully saturated rings. The number of carbonyl (C=O) groups excluding carboxylic acids is 1. The zero-order chi connectivity index (χ0) is 25.5. The molecule has 1 aliphatic rings. The molecule has 1 heterocycles. The predicted molar refractivity (Wildman–Crippen MR) is 135 cm³/mol. The summed E-state index contributed by atoms with van der Waals surface area (Å²) in [6.07, 6.45) is -4.70. The lowest BCUT2D eigenvalue weighted by molar-refractivity contribution is -0.311. The Morgan fingerprint density at radius 3 is 2.03 bits per heavy atom. The van der Waals surface area contributed by atoms with Crippen molar-refractivity contribution in [2.24, 2.45) is 0 Å². The predicted octanol–water partition coefficient (Wildman–Crippen LogP) is 2.37. The molecule has 1 amide bonds. The number of benzene rings is 3. The van der Waals surface area contributed by atoms with Crippen LogP contribution in [0.15, 0.2) is 91.0 Å². The van der Waals surface area contributed by atoms with Gasteiger partial charge in [0.05, 0.1) is 12.7 Å². The second kappa shape index (κ2) is 11.8. The van der Waals surface area contributed by atoms with Crippen LogP contribution in [-0.2, 0) is 33.7 Å². The molecule has 3 aromatic rings. The van der Waals surface area contributed by atoms with Gasteiger partial charge in [-0.3, -0.25) is 4.79 Å². The molecule has 1 aliphatic heterocycles. The number of carbonyl (C=O) groups is 1. The monoisotopic (exact) mass is 491 g/mol. The summed E-state index contributed by atoms with van der Waals surface area (Å²) in [6, 6.07) is 26.9. The van der Waals surface area contributed by atoms with Gasteiger partial charge < -0.3 is 30.1 Å². The molecule has 1 saturated heterocycles. The van der Waals surface area contributed by atoms with E-state index in [9.17, 15) is 20.1 Å². The summed E-state index contributed by atoms with van der Waals surface area (Å²) in [4.78, 5) is 12.2. The maximum atomic E-state index is 12.2. The second-order valence-electron chi connectivity index (χ2n) is 9.30. The number of hydrogen-bond donors (Lipinski definition) is 4. The van der Waals surface area contributed by atoms with Crippen LogP contribution >= 0.6 is 0 Å². The average molecular weight is 492 g/mol. The van der Waals surface area contributed by atoms with E-state index >= 15 is 0 Å². The first-order valence-corrected chi connectivity index (χ1v) is 12.1. The molecule has 36 heavy (non-hydrogen) atoms. The molecule has 0 bridgehead atoms. The first-order chi connectivity index (χ1) is 17.4. The lowest BCUT2D eigenvalue weighted by Crippen LogP contribution is -2.73. The van der Waals surface area contributed by atoms with E-state index in [1.165, 1.54) is 6.92 Å². The first-order valence-electron chi connectivity index (χ1n) is 12.1. The molecule has 0 radical (unpaired) electrons. The quantitative estimate of drug-likeness (QED) is 0.366. The number of nitrogens with one attached hydrogen (secondary N) is 1. The van der Waals surface area contributed by atoms with Crippen LogP contribution in [0.3, 0.4) is 0 Å². The molecule has 6 atom stereocenters. The number of rotatable bonds is 9. The molecule has 0 aliphatic carbocycles. The van der Waals surface area contributed by atoms with Crippen molar-refractivity contribution in [2.75, 3.05) is 0 Å². The molecule has 3 aromatic carbocycles. The van der Waals surface area contributed by atoms with E-state index in [1.54, 1.807) is 0 Å². The minimum absolute atomic E-state index is 0.0169. The SMILES string of the molecule is CC(=O)N[C@@H]1[C@@H](OCc2ccccc2)O[C@H](C(O)Cc2ccccc2)[C@@H](O)[C@@]1(O)Cc1ccccc1. The Bertz CT molecular complexity index is 1100. The summed E-state index contributed by atoms with van der Waals surface area (Å²) in [6.45, 7) is 1.49. The van der Waals surface area contributed by atoms with Gasteiger partial charge in [-0.2, -0.15) is 0 Å². The summed E-state index contributed by atoms with van der Waals surface area (Å²) in [7, 11) is 0. The van der Waals surface area contributed by atoms with Crippen LogP contribution in [0.5, 0.6) is 0 Å². The van der Waals surface area contributed by atoms with Crippen molar-refractivity contribution < 1.29 is 29.6 Å². The number of hydrogen-bond acceptors (Lipinski definition) is 6. The third kappa shape index (κ3) is 6.19. The number of aliphatic hydroxyl groups is 3. The fourth-order valence-electron chi connectivity index (χ4n) is 4.72. The van der Waals surface area contributed by atoms with Crippen molar-refractivity contribution in [1.29, 1.82) is 0 Å². The molecule has 1 unspecified atom stereocenters. The topological polar surface area (TPSA) is 108 Å². The van der Waals surface area contributed by atoms with Gasteiger partial charge in [0.2, 0.25) is 5.91 Å². The summed E-state index contributed by atoms with van der Waals surface area (Å²) in [5.41, 5.74) is 0.615. The van der Waals surface area contributed by atoms with Gasteiger partial charge in [-0.15, -0.1) is 0 Å². The van der Waals surface area contributed by atoms with Crippen molar-refractivity contribution in [3.8, 4) is 0 Å². The normalized spacial score (nSPS) is 26.8. The highest BCUT2D eigenvalue weighted by molar-refractivity contribution is 5.73. The van der Waals surface area contributed by atoms with Crippen LogP contribution in [0, 0.1) is 0 Å². The zero-order valence-corrected chi connectivity index (χ0v) is 20.2. The fraction of sp³-hybridized carbons (Fsp3) is 0.345. The molecule has 0 aromatic heterocycles. The standard InChI is InChI=1S/C29H33NO6/c1-20(31)30-26-28(35-19-23-15-9-4-10-16-23)36-25(24(32)17-21-11-5-2-6-12-21)27(33)29(26,34)18-22-13-7-3-8-14-22/h2-16,24-28,32-34H,17-19H2,1H3,(H,30,31)/t24?,25-,26-,27-,28+,29-/m1/s1. The maximum absolute atomic E-state index is 12.2. The summed E-state index contributed by atoms with van der Waals surface area (Å²) < 4.78 is 12.2. The molecule has 190 valence electrons. The molecule has 4 N–H and O–H groups in total. The van der Waals surface area contributed by atoms with Crippen LogP contribution in [0.2, 0.25) is 0 Å². The Kier molecular flexibility index (Phi) is 8.51. The number of ether oxygens (including phenoxy) is 2. The molecule has 7 nitrogen and oxygen atoms in total. The van der Waals surface area contributed by atoms with Crippen molar-refractivity contribution >= 4 is 5.91 Å². The number of amides is 1. The highest BCUT2D eigenvalue weighted by Crippen LogP contribution is 2.36. The highest BCUT2D eigenvalue weighted by Gasteiger charge is 2.57. The van der Waals surface area contributed by atoms with E-state index in [-0.39, 0.29) is 19.4 Å². The van der Waals surface area contributed by atoms with Crippen LogP contribution in [0.4, 0.5) is 0 Å². The van der Waals surface area contributed by atoms with Crippen molar-refractivity contribution in [3.05, 3.63) is 108 Å². The molecular weight excluding hydrogens is 458 g/mol. The molecule has 0 saturated carbocycles. The van der Waals surface area contributed by atoms with Crippen molar-refractivity contribution in [3.63, 3.8) is 0 Å². The maximum Gasteiger partial charge on any atom is 0.217 e. The summed E-state index contributed by atoms with van der Waals surface area (Å²) in [5, 5.41) is 37.3. The van der Waals surface area contributed by atoms with Crippen LogP contribution in [0.25, 0.3) is 0 Å². The average Bonchev–Trinajstić information content (AvgIpc) is 2.88. The van der Waals surface area contributed by atoms with Gasteiger partial charge in [-0.05, 0) is 16.7 Å². The minimum Gasteiger partial charge on any atom is -0.390 e. The Labute approximate surface area is 211 Å². The van der Waals surface area contributed by atoms with Crippen molar-refractivity contribution in [2.45, 2.75) is 62.6 Å². The van der Waals surface area contributed by atoms with E-state index in [4.69, 9.17) is 9.47 Å². The van der Waals surface area contributed by atoms with E-state index in [0.29, 0.717) is 0 Å². The second-order valence-corrected chi connectivity index (χ2v) is 9.30. The largest absolute Gasteiger partial charge is 0.390 e. The molecule has 0 spiro atoms. The number of aliphatic hydroxyl groups excluding tert-OH is 2. The zero-order valence-electron chi connectivity index (χ0n) is 20.2. The molecule has 4 rings (SSSR count). The third-order valence-corrected chi connectivity index (χ3v) is 6.54. The Morgan fingerprint density at radius 1 is 0.944 bits per heavy atom. The lowest BCUT2D eigenvalue weighted by Gasteiger charge is -2.51. The van der Waals surface area contributed by atoms with Gasteiger partial charge >= 0.3 is 0 Å². The Balaban J connectivity index is 1.66. The van der Waals surface area contributed by atoms with E-state index in [0.717, 1.165) is 16.7 Å².